The standard InChI is InChI=1S/C15H22N2O3/c1-5-20-14(19)11-6-8-12(9-7-11)16-10-13(18)17-15(2,3)4/h6-9,16H,5,10H2,1-4H3,(H,17,18). The summed E-state index contributed by atoms with van der Waals surface area (Å²) in [4.78, 5) is 23.1. The minimum absolute atomic E-state index is 0.0769. The Morgan fingerprint density at radius 1 is 1.15 bits per heavy atom. The van der Waals surface area contributed by atoms with E-state index in [9.17, 15) is 9.59 Å². The van der Waals surface area contributed by atoms with Crippen molar-refractivity contribution in [3.05, 3.63) is 29.8 Å². The van der Waals surface area contributed by atoms with Gasteiger partial charge in [-0.2, -0.15) is 0 Å². The number of anilines is 1. The highest BCUT2D eigenvalue weighted by Gasteiger charge is 2.13. The SMILES string of the molecule is CCOC(=O)c1ccc(NCC(=O)NC(C)(C)C)cc1. The van der Waals surface area contributed by atoms with Crippen molar-refractivity contribution in [3.8, 4) is 0 Å². The van der Waals surface area contributed by atoms with E-state index in [0.717, 1.165) is 5.69 Å². The molecule has 0 aromatic heterocycles. The van der Waals surface area contributed by atoms with E-state index in [4.69, 9.17) is 4.74 Å². The first kappa shape index (κ1) is 16.0. The zero-order valence-electron chi connectivity index (χ0n) is 12.4. The number of hydrogen-bond donors (Lipinski definition) is 2. The molecule has 0 aliphatic carbocycles. The summed E-state index contributed by atoms with van der Waals surface area (Å²) in [6.45, 7) is 8.10. The van der Waals surface area contributed by atoms with Gasteiger partial charge in [0.05, 0.1) is 18.7 Å². The molecule has 110 valence electrons. The summed E-state index contributed by atoms with van der Waals surface area (Å²) in [6, 6.07) is 6.83. The van der Waals surface area contributed by atoms with Crippen LogP contribution in [0.1, 0.15) is 38.1 Å². The molecule has 0 fully saturated rings. The Hall–Kier alpha value is -2.04. The van der Waals surface area contributed by atoms with Crippen molar-refractivity contribution in [2.75, 3.05) is 18.5 Å². The van der Waals surface area contributed by atoms with Crippen LogP contribution in [0.25, 0.3) is 0 Å². The highest BCUT2D eigenvalue weighted by molar-refractivity contribution is 5.90. The van der Waals surface area contributed by atoms with Gasteiger partial charge < -0.3 is 15.4 Å². The molecule has 0 aliphatic rings. The lowest BCUT2D eigenvalue weighted by atomic mass is 10.1. The Morgan fingerprint density at radius 2 is 1.75 bits per heavy atom. The maximum absolute atomic E-state index is 11.6. The van der Waals surface area contributed by atoms with Gasteiger partial charge in [0.2, 0.25) is 5.91 Å². The van der Waals surface area contributed by atoms with E-state index in [1.54, 1.807) is 31.2 Å². The molecule has 1 aromatic carbocycles. The fraction of sp³-hybridized carbons (Fsp3) is 0.467. The number of ether oxygens (including phenoxy) is 1. The quantitative estimate of drug-likeness (QED) is 0.810. The van der Waals surface area contributed by atoms with Crippen molar-refractivity contribution < 1.29 is 14.3 Å². The van der Waals surface area contributed by atoms with Crippen molar-refractivity contribution in [2.45, 2.75) is 33.2 Å². The summed E-state index contributed by atoms with van der Waals surface area (Å²) < 4.78 is 4.90. The van der Waals surface area contributed by atoms with Crippen LogP contribution in [0.4, 0.5) is 5.69 Å². The molecule has 0 aliphatic heterocycles. The second kappa shape index (κ2) is 6.93. The van der Waals surface area contributed by atoms with Crippen molar-refractivity contribution in [3.63, 3.8) is 0 Å². The number of amides is 1. The summed E-state index contributed by atoms with van der Waals surface area (Å²) >= 11 is 0. The lowest BCUT2D eigenvalue weighted by Crippen LogP contribution is -2.43. The van der Waals surface area contributed by atoms with E-state index < -0.39 is 0 Å². The molecule has 0 saturated carbocycles. The maximum Gasteiger partial charge on any atom is 0.338 e. The first-order valence-electron chi connectivity index (χ1n) is 6.64. The first-order chi connectivity index (χ1) is 9.31. The monoisotopic (exact) mass is 278 g/mol. The largest absolute Gasteiger partial charge is 0.462 e. The van der Waals surface area contributed by atoms with E-state index in [1.807, 2.05) is 20.8 Å². The second-order valence-electron chi connectivity index (χ2n) is 5.45. The molecule has 5 heteroatoms. The first-order valence-corrected chi connectivity index (χ1v) is 6.64. The van der Waals surface area contributed by atoms with Crippen LogP contribution in [0.2, 0.25) is 0 Å². The van der Waals surface area contributed by atoms with Gasteiger partial charge in [-0.25, -0.2) is 4.79 Å². The van der Waals surface area contributed by atoms with Crippen molar-refractivity contribution >= 4 is 17.6 Å². The van der Waals surface area contributed by atoms with Crippen LogP contribution < -0.4 is 10.6 Å². The molecule has 5 nitrogen and oxygen atoms in total. The number of esters is 1. The molecule has 0 radical (unpaired) electrons. The normalized spacial score (nSPS) is 10.8. The lowest BCUT2D eigenvalue weighted by Gasteiger charge is -2.20. The van der Waals surface area contributed by atoms with Gasteiger partial charge in [0, 0.05) is 11.2 Å². The van der Waals surface area contributed by atoms with Crippen molar-refractivity contribution in [1.29, 1.82) is 0 Å². The average Bonchev–Trinajstić information content (AvgIpc) is 2.35. The Kier molecular flexibility index (Phi) is 5.55. The minimum atomic E-state index is -0.343. The number of nitrogens with one attached hydrogen (secondary N) is 2. The second-order valence-corrected chi connectivity index (χ2v) is 5.45. The van der Waals surface area contributed by atoms with Gasteiger partial charge in [0.1, 0.15) is 0 Å². The van der Waals surface area contributed by atoms with E-state index in [0.29, 0.717) is 12.2 Å². The molecule has 1 rings (SSSR count). The summed E-state index contributed by atoms with van der Waals surface area (Å²) in [7, 11) is 0. The molecular weight excluding hydrogens is 256 g/mol. The number of carbonyl (C=O) groups is 2. The van der Waals surface area contributed by atoms with Crippen molar-refractivity contribution in [1.82, 2.24) is 5.32 Å². The van der Waals surface area contributed by atoms with Crippen molar-refractivity contribution in [2.24, 2.45) is 0 Å². The van der Waals surface area contributed by atoms with E-state index >= 15 is 0 Å². The van der Waals surface area contributed by atoms with Crippen LogP contribution in [0, 0.1) is 0 Å². The molecule has 0 heterocycles. The fourth-order valence-corrected chi connectivity index (χ4v) is 1.58. The Labute approximate surface area is 119 Å². The number of benzene rings is 1. The number of rotatable bonds is 5. The van der Waals surface area contributed by atoms with Crippen LogP contribution in [-0.4, -0.2) is 30.6 Å². The third-order valence-corrected chi connectivity index (χ3v) is 2.36. The zero-order valence-corrected chi connectivity index (χ0v) is 12.4. The zero-order chi connectivity index (χ0) is 15.2. The number of hydrogen-bond acceptors (Lipinski definition) is 4. The van der Waals surface area contributed by atoms with Crippen LogP contribution in [-0.2, 0) is 9.53 Å². The van der Waals surface area contributed by atoms with E-state index in [2.05, 4.69) is 10.6 Å². The molecule has 1 amide bonds. The van der Waals surface area contributed by atoms with Crippen LogP contribution in [0.15, 0.2) is 24.3 Å². The topological polar surface area (TPSA) is 67.4 Å². The van der Waals surface area contributed by atoms with Gasteiger partial charge in [-0.1, -0.05) is 0 Å². The van der Waals surface area contributed by atoms with Gasteiger partial charge in [-0.05, 0) is 52.0 Å². The molecule has 0 spiro atoms. The van der Waals surface area contributed by atoms with E-state index in [1.165, 1.54) is 0 Å². The molecule has 0 unspecified atom stereocenters. The number of carbonyl (C=O) groups excluding carboxylic acids is 2. The highest BCUT2D eigenvalue weighted by Crippen LogP contribution is 2.10. The Bertz CT molecular complexity index is 461. The molecular formula is C15H22N2O3. The van der Waals surface area contributed by atoms with Gasteiger partial charge in [0.25, 0.3) is 0 Å². The lowest BCUT2D eigenvalue weighted by molar-refractivity contribution is -0.120. The predicted molar refractivity (Wildman–Crippen MR) is 78.8 cm³/mol. The Morgan fingerprint density at radius 3 is 2.25 bits per heavy atom. The summed E-state index contributed by atoms with van der Waals surface area (Å²) in [5.74, 6) is -0.420. The third kappa shape index (κ3) is 5.73. The minimum Gasteiger partial charge on any atom is -0.462 e. The Balaban J connectivity index is 2.50. The van der Waals surface area contributed by atoms with Gasteiger partial charge in [-0.3, -0.25) is 4.79 Å². The molecule has 2 N–H and O–H groups in total. The van der Waals surface area contributed by atoms with Gasteiger partial charge in [0.15, 0.2) is 0 Å². The van der Waals surface area contributed by atoms with Crippen LogP contribution in [0.5, 0.6) is 0 Å². The highest BCUT2D eigenvalue weighted by atomic mass is 16.5. The van der Waals surface area contributed by atoms with Crippen LogP contribution >= 0.6 is 0 Å². The smallest absolute Gasteiger partial charge is 0.338 e. The predicted octanol–water partition coefficient (Wildman–Crippen LogP) is 2.19. The average molecular weight is 278 g/mol. The van der Waals surface area contributed by atoms with E-state index in [-0.39, 0.29) is 24.0 Å². The summed E-state index contributed by atoms with van der Waals surface area (Å²) in [5, 5.41) is 5.86. The fourth-order valence-electron chi connectivity index (χ4n) is 1.58. The molecule has 20 heavy (non-hydrogen) atoms. The third-order valence-electron chi connectivity index (χ3n) is 2.36. The van der Waals surface area contributed by atoms with Gasteiger partial charge >= 0.3 is 5.97 Å². The molecule has 0 saturated heterocycles. The molecule has 0 atom stereocenters. The maximum atomic E-state index is 11.6. The summed E-state index contributed by atoms with van der Waals surface area (Å²) in [5.41, 5.74) is 1.03. The molecule has 0 bridgehead atoms. The van der Waals surface area contributed by atoms with Crippen LogP contribution in [0.3, 0.4) is 0 Å². The summed E-state index contributed by atoms with van der Waals surface area (Å²) in [6.07, 6.45) is 0. The molecule has 1 aromatic rings. The van der Waals surface area contributed by atoms with Gasteiger partial charge in [-0.15, -0.1) is 0 Å².